The second-order valence-electron chi connectivity index (χ2n) is 4.95. The van der Waals surface area contributed by atoms with E-state index in [1.165, 1.54) is 15.6 Å². The number of thiophene rings is 1. The number of halogens is 1. The van der Waals surface area contributed by atoms with Crippen LogP contribution in [0.2, 0.25) is 4.34 Å². The van der Waals surface area contributed by atoms with E-state index >= 15 is 0 Å². The predicted octanol–water partition coefficient (Wildman–Crippen LogP) is 3.42. The lowest BCUT2D eigenvalue weighted by atomic mass is 10.1. The zero-order valence-electron chi connectivity index (χ0n) is 12.1. The smallest absolute Gasteiger partial charge is 0.243 e. The summed E-state index contributed by atoms with van der Waals surface area (Å²) in [5.74, 6) is 0. The van der Waals surface area contributed by atoms with E-state index in [4.69, 9.17) is 17.3 Å². The van der Waals surface area contributed by atoms with Crippen LogP contribution in [-0.4, -0.2) is 19.8 Å². The molecule has 0 fully saturated rings. The Bertz CT molecular complexity index is 746. The van der Waals surface area contributed by atoms with Crippen LogP contribution in [0, 0.1) is 13.8 Å². The van der Waals surface area contributed by atoms with Crippen molar-refractivity contribution in [1.82, 2.24) is 4.31 Å². The Kier molecular flexibility index (Phi) is 4.63. The normalized spacial score (nSPS) is 12.0. The summed E-state index contributed by atoms with van der Waals surface area (Å²) in [6.07, 6.45) is 0. The van der Waals surface area contributed by atoms with Gasteiger partial charge in [0.05, 0.1) is 9.23 Å². The molecule has 0 atom stereocenters. The SMILES string of the molecule is Cc1cc(N)cc(C)c1S(=O)(=O)N(C)Cc1ccc(Cl)s1. The Morgan fingerprint density at radius 1 is 1.24 bits per heavy atom. The van der Waals surface area contributed by atoms with E-state index in [9.17, 15) is 8.42 Å². The molecule has 0 amide bonds. The zero-order chi connectivity index (χ0) is 15.8. The minimum atomic E-state index is -3.56. The van der Waals surface area contributed by atoms with Gasteiger partial charge >= 0.3 is 0 Å². The Balaban J connectivity index is 2.38. The van der Waals surface area contributed by atoms with Crippen molar-refractivity contribution >= 4 is 38.6 Å². The maximum atomic E-state index is 12.8. The molecule has 0 bridgehead atoms. The van der Waals surface area contributed by atoms with E-state index < -0.39 is 10.0 Å². The van der Waals surface area contributed by atoms with Crippen LogP contribution in [0.15, 0.2) is 29.2 Å². The van der Waals surface area contributed by atoms with Gasteiger partial charge in [0, 0.05) is 24.2 Å². The number of anilines is 1. The van der Waals surface area contributed by atoms with Gasteiger partial charge in [0.25, 0.3) is 0 Å². The molecule has 1 aromatic heterocycles. The first kappa shape index (κ1) is 16.3. The monoisotopic (exact) mass is 344 g/mol. The van der Waals surface area contributed by atoms with Crippen LogP contribution in [0.5, 0.6) is 0 Å². The molecule has 7 heteroatoms. The number of benzene rings is 1. The number of hydrogen-bond acceptors (Lipinski definition) is 4. The van der Waals surface area contributed by atoms with Gasteiger partial charge in [0.2, 0.25) is 10.0 Å². The van der Waals surface area contributed by atoms with E-state index in [1.54, 1.807) is 39.1 Å². The van der Waals surface area contributed by atoms with Crippen molar-refractivity contribution in [3.63, 3.8) is 0 Å². The second-order valence-corrected chi connectivity index (χ2v) is 8.73. The number of nitrogens with two attached hydrogens (primary N) is 1. The fourth-order valence-electron chi connectivity index (χ4n) is 2.29. The third-order valence-electron chi connectivity index (χ3n) is 3.16. The second kappa shape index (κ2) is 5.96. The summed E-state index contributed by atoms with van der Waals surface area (Å²) in [5, 5.41) is 0. The first-order valence-electron chi connectivity index (χ1n) is 6.29. The summed E-state index contributed by atoms with van der Waals surface area (Å²) in [4.78, 5) is 1.22. The van der Waals surface area contributed by atoms with Crippen LogP contribution >= 0.6 is 22.9 Å². The molecule has 114 valence electrons. The Labute approximate surface area is 134 Å². The van der Waals surface area contributed by atoms with E-state index in [0.29, 0.717) is 32.6 Å². The molecule has 0 aliphatic rings. The maximum Gasteiger partial charge on any atom is 0.243 e. The molecule has 21 heavy (non-hydrogen) atoms. The van der Waals surface area contributed by atoms with E-state index in [1.807, 2.05) is 6.07 Å². The topological polar surface area (TPSA) is 63.4 Å². The summed E-state index contributed by atoms with van der Waals surface area (Å²) in [7, 11) is -2.00. The number of rotatable bonds is 4. The van der Waals surface area contributed by atoms with Gasteiger partial charge < -0.3 is 5.73 Å². The fourth-order valence-corrected chi connectivity index (χ4v) is 5.06. The predicted molar refractivity (Wildman–Crippen MR) is 88.3 cm³/mol. The number of nitrogen functional groups attached to an aromatic ring is 1. The van der Waals surface area contributed by atoms with Crippen LogP contribution in [0.3, 0.4) is 0 Å². The summed E-state index contributed by atoms with van der Waals surface area (Å²) in [6, 6.07) is 6.95. The first-order chi connectivity index (χ1) is 9.71. The van der Waals surface area contributed by atoms with Gasteiger partial charge in [0.1, 0.15) is 0 Å². The molecule has 0 aliphatic carbocycles. The molecule has 0 saturated carbocycles. The molecule has 0 aliphatic heterocycles. The van der Waals surface area contributed by atoms with Crippen LogP contribution in [0.25, 0.3) is 0 Å². The molecule has 0 spiro atoms. The number of nitrogens with zero attached hydrogens (tertiary/aromatic N) is 1. The summed E-state index contributed by atoms with van der Waals surface area (Å²) in [6.45, 7) is 3.81. The van der Waals surface area contributed by atoms with Gasteiger partial charge in [-0.15, -0.1) is 11.3 Å². The number of aryl methyl sites for hydroxylation is 2. The minimum Gasteiger partial charge on any atom is -0.399 e. The van der Waals surface area contributed by atoms with Crippen molar-refractivity contribution < 1.29 is 8.42 Å². The van der Waals surface area contributed by atoms with Crippen molar-refractivity contribution in [2.75, 3.05) is 12.8 Å². The van der Waals surface area contributed by atoms with Gasteiger partial charge in [-0.1, -0.05) is 11.6 Å². The molecule has 0 unspecified atom stereocenters. The van der Waals surface area contributed by atoms with Crippen LogP contribution in [-0.2, 0) is 16.6 Å². The lowest BCUT2D eigenvalue weighted by Crippen LogP contribution is -2.27. The van der Waals surface area contributed by atoms with Crippen molar-refractivity contribution in [3.05, 3.63) is 44.6 Å². The Morgan fingerprint density at radius 2 is 1.81 bits per heavy atom. The average Bonchev–Trinajstić information content (AvgIpc) is 2.72. The van der Waals surface area contributed by atoms with Gasteiger partial charge in [-0.05, 0) is 49.2 Å². The van der Waals surface area contributed by atoms with Gasteiger partial charge in [-0.3, -0.25) is 0 Å². The minimum absolute atomic E-state index is 0.295. The molecular formula is C14H17ClN2O2S2. The van der Waals surface area contributed by atoms with Crippen molar-refractivity contribution in [1.29, 1.82) is 0 Å². The average molecular weight is 345 g/mol. The first-order valence-corrected chi connectivity index (χ1v) is 8.92. The molecule has 4 nitrogen and oxygen atoms in total. The maximum absolute atomic E-state index is 12.8. The fraction of sp³-hybridized carbons (Fsp3) is 0.286. The highest BCUT2D eigenvalue weighted by Gasteiger charge is 2.25. The molecular weight excluding hydrogens is 328 g/mol. The van der Waals surface area contributed by atoms with Crippen molar-refractivity contribution in [3.8, 4) is 0 Å². The molecule has 2 N–H and O–H groups in total. The lowest BCUT2D eigenvalue weighted by Gasteiger charge is -2.20. The quantitative estimate of drug-likeness (QED) is 0.864. The Hall–Kier alpha value is -1.08. The summed E-state index contributed by atoms with van der Waals surface area (Å²) < 4.78 is 27.5. The standard InChI is InChI=1S/C14H17ClN2O2S2/c1-9-6-11(16)7-10(2)14(9)21(18,19)17(3)8-12-4-5-13(15)20-12/h4-7H,8,16H2,1-3H3. The molecule has 1 heterocycles. The van der Waals surface area contributed by atoms with Crippen LogP contribution in [0.4, 0.5) is 5.69 Å². The summed E-state index contributed by atoms with van der Waals surface area (Å²) in [5.41, 5.74) is 7.63. The van der Waals surface area contributed by atoms with Crippen molar-refractivity contribution in [2.45, 2.75) is 25.3 Å². The van der Waals surface area contributed by atoms with E-state index in [-0.39, 0.29) is 0 Å². The van der Waals surface area contributed by atoms with Gasteiger partial charge in [0.15, 0.2) is 0 Å². The largest absolute Gasteiger partial charge is 0.399 e. The van der Waals surface area contributed by atoms with Crippen LogP contribution < -0.4 is 5.73 Å². The Morgan fingerprint density at radius 3 is 2.29 bits per heavy atom. The van der Waals surface area contributed by atoms with Crippen LogP contribution in [0.1, 0.15) is 16.0 Å². The summed E-state index contributed by atoms with van der Waals surface area (Å²) >= 11 is 7.26. The molecule has 2 aromatic rings. The zero-order valence-corrected chi connectivity index (χ0v) is 14.4. The molecule has 0 saturated heterocycles. The third kappa shape index (κ3) is 3.40. The van der Waals surface area contributed by atoms with E-state index in [0.717, 1.165) is 4.88 Å². The number of hydrogen-bond donors (Lipinski definition) is 1. The number of sulfonamides is 1. The molecule has 2 rings (SSSR count). The highest BCUT2D eigenvalue weighted by molar-refractivity contribution is 7.89. The van der Waals surface area contributed by atoms with Crippen molar-refractivity contribution in [2.24, 2.45) is 0 Å². The molecule has 0 radical (unpaired) electrons. The highest BCUT2D eigenvalue weighted by atomic mass is 35.5. The van der Waals surface area contributed by atoms with E-state index in [2.05, 4.69) is 0 Å². The van der Waals surface area contributed by atoms with Gasteiger partial charge in [-0.25, -0.2) is 8.42 Å². The lowest BCUT2D eigenvalue weighted by molar-refractivity contribution is 0.468. The highest BCUT2D eigenvalue weighted by Crippen LogP contribution is 2.28. The molecule has 1 aromatic carbocycles. The van der Waals surface area contributed by atoms with Gasteiger partial charge in [-0.2, -0.15) is 4.31 Å². The third-order valence-corrected chi connectivity index (χ3v) is 6.48.